The number of halogens is 3. The van der Waals surface area contributed by atoms with Crippen molar-refractivity contribution in [3.8, 4) is 0 Å². The molecule has 0 spiro atoms. The average Bonchev–Trinajstić information content (AvgIpc) is 2.40. The predicted octanol–water partition coefficient (Wildman–Crippen LogP) is 2.75. The third kappa shape index (κ3) is 4.21. The summed E-state index contributed by atoms with van der Waals surface area (Å²) < 4.78 is 38.7. The Morgan fingerprint density at radius 1 is 1.25 bits per heavy atom. The standard InChI is InChI=1S/C13H18F3N3S/c14-13(15,16)11-9-10(17)1-2-12(11)18-3-4-19-5-7-20-8-6-19/h1-2,9,18H,3-8,17H2. The number of nitrogens with one attached hydrogen (secondary N) is 1. The van der Waals surface area contributed by atoms with Gasteiger partial charge in [-0.15, -0.1) is 0 Å². The lowest BCUT2D eigenvalue weighted by Gasteiger charge is -2.26. The number of benzene rings is 1. The Balaban J connectivity index is 1.95. The summed E-state index contributed by atoms with van der Waals surface area (Å²) in [5, 5.41) is 2.87. The molecule has 2 rings (SSSR count). The maximum absolute atomic E-state index is 12.9. The van der Waals surface area contributed by atoms with Gasteiger partial charge in [-0.1, -0.05) is 0 Å². The largest absolute Gasteiger partial charge is 0.418 e. The topological polar surface area (TPSA) is 41.3 Å². The third-order valence-electron chi connectivity index (χ3n) is 3.20. The van der Waals surface area contributed by atoms with Crippen molar-refractivity contribution in [2.24, 2.45) is 0 Å². The minimum absolute atomic E-state index is 0.0954. The van der Waals surface area contributed by atoms with Crippen LogP contribution < -0.4 is 11.1 Å². The van der Waals surface area contributed by atoms with Gasteiger partial charge in [0.25, 0.3) is 0 Å². The fourth-order valence-electron chi connectivity index (χ4n) is 2.12. The van der Waals surface area contributed by atoms with Crippen LogP contribution in [-0.4, -0.2) is 42.6 Å². The summed E-state index contributed by atoms with van der Waals surface area (Å²) in [4.78, 5) is 2.26. The van der Waals surface area contributed by atoms with Gasteiger partial charge in [0.2, 0.25) is 0 Å². The van der Waals surface area contributed by atoms with E-state index in [4.69, 9.17) is 5.73 Å². The highest BCUT2D eigenvalue weighted by Gasteiger charge is 2.33. The van der Waals surface area contributed by atoms with Gasteiger partial charge in [-0.3, -0.25) is 4.90 Å². The number of nitrogen functional groups attached to an aromatic ring is 1. The van der Waals surface area contributed by atoms with Crippen LogP contribution in [0.25, 0.3) is 0 Å². The van der Waals surface area contributed by atoms with E-state index in [1.54, 1.807) is 0 Å². The summed E-state index contributed by atoms with van der Waals surface area (Å²) in [5.41, 5.74) is 4.95. The van der Waals surface area contributed by atoms with Gasteiger partial charge >= 0.3 is 6.18 Å². The van der Waals surface area contributed by atoms with Crippen LogP contribution in [0.4, 0.5) is 24.5 Å². The molecule has 0 unspecified atom stereocenters. The number of hydrogen-bond donors (Lipinski definition) is 2. The zero-order chi connectivity index (χ0) is 14.6. The molecule has 0 saturated carbocycles. The van der Waals surface area contributed by atoms with E-state index in [1.165, 1.54) is 12.1 Å². The van der Waals surface area contributed by atoms with Gasteiger partial charge < -0.3 is 11.1 Å². The Hall–Kier alpha value is -1.08. The Morgan fingerprint density at radius 3 is 2.60 bits per heavy atom. The number of nitrogens with zero attached hydrogens (tertiary/aromatic N) is 1. The zero-order valence-corrected chi connectivity index (χ0v) is 11.9. The minimum Gasteiger partial charge on any atom is -0.399 e. The van der Waals surface area contributed by atoms with E-state index in [0.717, 1.165) is 37.2 Å². The third-order valence-corrected chi connectivity index (χ3v) is 4.14. The first kappa shape index (κ1) is 15.3. The van der Waals surface area contributed by atoms with Crippen LogP contribution in [0.15, 0.2) is 18.2 Å². The van der Waals surface area contributed by atoms with Gasteiger partial charge in [0.05, 0.1) is 5.56 Å². The maximum atomic E-state index is 12.9. The van der Waals surface area contributed by atoms with Crippen LogP contribution in [0.1, 0.15) is 5.56 Å². The van der Waals surface area contributed by atoms with Crippen LogP contribution >= 0.6 is 11.8 Å². The summed E-state index contributed by atoms with van der Waals surface area (Å²) in [5.74, 6) is 2.19. The molecular weight excluding hydrogens is 287 g/mol. The molecule has 1 aromatic rings. The lowest BCUT2D eigenvalue weighted by molar-refractivity contribution is -0.136. The van der Waals surface area contributed by atoms with Crippen LogP contribution in [0, 0.1) is 0 Å². The molecule has 0 aromatic heterocycles. The maximum Gasteiger partial charge on any atom is 0.418 e. The highest BCUT2D eigenvalue weighted by Crippen LogP contribution is 2.35. The molecule has 1 heterocycles. The molecule has 0 bridgehead atoms. The highest BCUT2D eigenvalue weighted by molar-refractivity contribution is 7.99. The van der Waals surface area contributed by atoms with Gasteiger partial charge in [0.15, 0.2) is 0 Å². The first-order chi connectivity index (χ1) is 9.47. The number of thioether (sulfide) groups is 1. The van der Waals surface area contributed by atoms with E-state index in [9.17, 15) is 13.2 Å². The minimum atomic E-state index is -4.39. The van der Waals surface area contributed by atoms with Crippen LogP contribution in [0.3, 0.4) is 0 Å². The summed E-state index contributed by atoms with van der Waals surface area (Å²) in [6.07, 6.45) is -4.39. The van der Waals surface area contributed by atoms with Crippen LogP contribution in [-0.2, 0) is 6.18 Å². The van der Waals surface area contributed by atoms with Crippen molar-refractivity contribution in [3.05, 3.63) is 23.8 Å². The molecule has 3 nitrogen and oxygen atoms in total. The molecule has 1 aromatic carbocycles. The first-order valence-electron chi connectivity index (χ1n) is 6.47. The van der Waals surface area contributed by atoms with Crippen molar-refractivity contribution in [2.75, 3.05) is 48.7 Å². The van der Waals surface area contributed by atoms with Crippen molar-refractivity contribution in [1.82, 2.24) is 4.90 Å². The van der Waals surface area contributed by atoms with Gasteiger partial charge in [-0.2, -0.15) is 24.9 Å². The molecule has 20 heavy (non-hydrogen) atoms. The molecule has 0 radical (unpaired) electrons. The molecule has 7 heteroatoms. The summed E-state index contributed by atoms with van der Waals surface area (Å²) in [7, 11) is 0. The van der Waals surface area contributed by atoms with E-state index < -0.39 is 11.7 Å². The monoisotopic (exact) mass is 305 g/mol. The van der Waals surface area contributed by atoms with E-state index >= 15 is 0 Å². The van der Waals surface area contributed by atoms with Crippen molar-refractivity contribution < 1.29 is 13.2 Å². The number of nitrogens with two attached hydrogens (primary N) is 1. The second-order valence-corrected chi connectivity index (χ2v) is 5.91. The molecule has 1 saturated heterocycles. The second-order valence-electron chi connectivity index (χ2n) is 4.68. The van der Waals surface area contributed by atoms with Gasteiger partial charge in [0.1, 0.15) is 0 Å². The molecule has 0 aliphatic carbocycles. The Morgan fingerprint density at radius 2 is 1.95 bits per heavy atom. The SMILES string of the molecule is Nc1ccc(NCCN2CCSCC2)c(C(F)(F)F)c1. The Bertz CT molecular complexity index is 445. The number of anilines is 2. The van der Waals surface area contributed by atoms with Gasteiger partial charge in [-0.25, -0.2) is 0 Å². The quantitative estimate of drug-likeness (QED) is 0.839. The molecule has 3 N–H and O–H groups in total. The molecular formula is C13H18F3N3S. The lowest BCUT2D eigenvalue weighted by atomic mass is 10.1. The smallest absolute Gasteiger partial charge is 0.399 e. The summed E-state index contributed by atoms with van der Waals surface area (Å²) in [6.45, 7) is 3.25. The van der Waals surface area contributed by atoms with E-state index in [0.29, 0.717) is 6.54 Å². The number of rotatable bonds is 4. The van der Waals surface area contributed by atoms with E-state index in [2.05, 4.69) is 10.2 Å². The molecule has 1 aliphatic rings. The van der Waals surface area contributed by atoms with Crippen molar-refractivity contribution in [2.45, 2.75) is 6.18 Å². The second kappa shape index (κ2) is 6.58. The predicted molar refractivity (Wildman–Crippen MR) is 78.1 cm³/mol. The summed E-state index contributed by atoms with van der Waals surface area (Å²) in [6, 6.07) is 3.85. The van der Waals surface area contributed by atoms with Crippen molar-refractivity contribution >= 4 is 23.1 Å². The van der Waals surface area contributed by atoms with Gasteiger partial charge in [-0.05, 0) is 18.2 Å². The van der Waals surface area contributed by atoms with Crippen molar-refractivity contribution in [3.63, 3.8) is 0 Å². The molecule has 1 aliphatic heterocycles. The van der Waals surface area contributed by atoms with E-state index in [-0.39, 0.29) is 11.4 Å². The van der Waals surface area contributed by atoms with Gasteiger partial charge in [0, 0.05) is 49.1 Å². The van der Waals surface area contributed by atoms with Crippen LogP contribution in [0.2, 0.25) is 0 Å². The van der Waals surface area contributed by atoms with E-state index in [1.807, 2.05) is 11.8 Å². The number of hydrogen-bond acceptors (Lipinski definition) is 4. The average molecular weight is 305 g/mol. The lowest BCUT2D eigenvalue weighted by Crippen LogP contribution is -2.36. The molecule has 0 amide bonds. The van der Waals surface area contributed by atoms with Crippen molar-refractivity contribution in [1.29, 1.82) is 0 Å². The van der Waals surface area contributed by atoms with Crippen LogP contribution in [0.5, 0.6) is 0 Å². The normalized spacial score (nSPS) is 17.1. The fourth-order valence-corrected chi connectivity index (χ4v) is 3.10. The fraction of sp³-hybridized carbons (Fsp3) is 0.538. The first-order valence-corrected chi connectivity index (χ1v) is 7.63. The summed E-state index contributed by atoms with van der Waals surface area (Å²) >= 11 is 1.91. The molecule has 112 valence electrons. The highest BCUT2D eigenvalue weighted by atomic mass is 32.2. The Labute approximate surface area is 120 Å². The Kier molecular flexibility index (Phi) is 5.04. The molecule has 0 atom stereocenters. The number of alkyl halides is 3. The zero-order valence-electron chi connectivity index (χ0n) is 11.0. The molecule has 1 fully saturated rings.